The van der Waals surface area contributed by atoms with Crippen molar-refractivity contribution in [2.75, 3.05) is 0 Å². The maximum atomic E-state index is 5.53. The molecular weight excluding hydrogens is 647 g/mol. The van der Waals surface area contributed by atoms with Crippen LogP contribution in [-0.4, -0.2) is 24.5 Å². The summed E-state index contributed by atoms with van der Waals surface area (Å²) >= 11 is 0. The molecule has 0 aliphatic heterocycles. The molecule has 53 heavy (non-hydrogen) atoms. The highest BCUT2D eigenvalue weighted by molar-refractivity contribution is 6.01. The minimum atomic E-state index is 0.789. The highest BCUT2D eigenvalue weighted by atomic mass is 15.1. The van der Waals surface area contributed by atoms with Gasteiger partial charge in [-0.15, -0.1) is 0 Å². The summed E-state index contributed by atoms with van der Waals surface area (Å²) in [6.45, 7) is 0. The molecule has 248 valence electrons. The molecule has 0 aliphatic rings. The van der Waals surface area contributed by atoms with E-state index in [0.29, 0.717) is 0 Å². The van der Waals surface area contributed by atoms with E-state index in [1.54, 1.807) is 0 Å². The van der Waals surface area contributed by atoms with Crippen LogP contribution in [0.25, 0.3) is 94.6 Å². The molecule has 0 N–H and O–H groups in total. The van der Waals surface area contributed by atoms with Crippen molar-refractivity contribution in [3.63, 3.8) is 0 Å². The van der Waals surface area contributed by atoms with Crippen LogP contribution in [0.5, 0.6) is 0 Å². The zero-order valence-electron chi connectivity index (χ0n) is 28.6. The van der Waals surface area contributed by atoms with Crippen LogP contribution in [0.3, 0.4) is 0 Å². The van der Waals surface area contributed by atoms with Gasteiger partial charge in [0.1, 0.15) is 11.3 Å². The number of rotatable bonds is 6. The topological polar surface area (TPSA) is 56.5 Å². The Hall–Kier alpha value is -7.24. The van der Waals surface area contributed by atoms with Gasteiger partial charge in [-0.05, 0) is 76.3 Å². The van der Waals surface area contributed by atoms with Crippen molar-refractivity contribution >= 4 is 33.0 Å². The summed E-state index contributed by atoms with van der Waals surface area (Å²) in [5.41, 5.74) is 14.1. The van der Waals surface area contributed by atoms with Crippen molar-refractivity contribution in [2.45, 2.75) is 0 Å². The second-order valence-corrected chi connectivity index (χ2v) is 13.1. The maximum Gasteiger partial charge on any atom is 0.165 e. The molecule has 0 radical (unpaired) electrons. The number of benzene rings is 6. The first kappa shape index (κ1) is 30.6. The molecule has 5 heteroatoms. The summed E-state index contributed by atoms with van der Waals surface area (Å²) in [6.07, 6.45) is 5.62. The van der Waals surface area contributed by atoms with Crippen LogP contribution in [0.15, 0.2) is 188 Å². The number of imidazole rings is 1. The number of hydrogen-bond donors (Lipinski definition) is 0. The van der Waals surface area contributed by atoms with E-state index >= 15 is 0 Å². The normalized spacial score (nSPS) is 11.4. The lowest BCUT2D eigenvalue weighted by molar-refractivity contribution is 1.08. The minimum absolute atomic E-state index is 0.789. The Kier molecular flexibility index (Phi) is 7.40. The molecule has 0 atom stereocenters. The number of pyridine rings is 3. The molecule has 10 aromatic rings. The lowest BCUT2D eigenvalue weighted by Gasteiger charge is -2.14. The molecule has 0 amide bonds. The maximum absolute atomic E-state index is 5.53. The van der Waals surface area contributed by atoms with E-state index < -0.39 is 0 Å². The summed E-state index contributed by atoms with van der Waals surface area (Å²) in [6, 6.07) is 59.2. The molecule has 0 unspecified atom stereocenters. The van der Waals surface area contributed by atoms with E-state index in [1.807, 2.05) is 36.8 Å². The van der Waals surface area contributed by atoms with Gasteiger partial charge in [-0.1, -0.05) is 121 Å². The van der Waals surface area contributed by atoms with Gasteiger partial charge in [0.25, 0.3) is 0 Å². The Morgan fingerprint density at radius 1 is 0.340 bits per heavy atom. The first-order valence-electron chi connectivity index (χ1n) is 17.7. The van der Waals surface area contributed by atoms with Crippen LogP contribution >= 0.6 is 0 Å². The van der Waals surface area contributed by atoms with Crippen molar-refractivity contribution < 1.29 is 0 Å². The predicted molar refractivity (Wildman–Crippen MR) is 217 cm³/mol. The Labute approximate surface area is 306 Å². The highest BCUT2D eigenvalue weighted by Crippen LogP contribution is 2.41. The van der Waals surface area contributed by atoms with Crippen LogP contribution in [0.4, 0.5) is 0 Å². The fraction of sp³-hybridized carbons (Fsp3) is 0. The van der Waals surface area contributed by atoms with Gasteiger partial charge in [-0.25, -0.2) is 9.97 Å². The van der Waals surface area contributed by atoms with Crippen LogP contribution < -0.4 is 0 Å². The summed E-state index contributed by atoms with van der Waals surface area (Å²) in [5.74, 6) is 0.799. The average molecular weight is 678 g/mol. The molecule has 0 fully saturated rings. The summed E-state index contributed by atoms with van der Waals surface area (Å²) < 4.78 is 2.19. The quantitative estimate of drug-likeness (QED) is 0.176. The second kappa shape index (κ2) is 12.8. The van der Waals surface area contributed by atoms with E-state index in [4.69, 9.17) is 19.9 Å². The summed E-state index contributed by atoms with van der Waals surface area (Å²) in [4.78, 5) is 20.2. The molecule has 4 heterocycles. The number of aromatic nitrogens is 5. The van der Waals surface area contributed by atoms with Gasteiger partial charge in [0.15, 0.2) is 5.65 Å². The number of hydrogen-bond acceptors (Lipinski definition) is 4. The van der Waals surface area contributed by atoms with Gasteiger partial charge in [-0.2, -0.15) is 0 Å². The third-order valence-electron chi connectivity index (χ3n) is 9.94. The van der Waals surface area contributed by atoms with Crippen LogP contribution in [0.2, 0.25) is 0 Å². The van der Waals surface area contributed by atoms with Crippen LogP contribution in [0, 0.1) is 0 Å². The van der Waals surface area contributed by atoms with Crippen molar-refractivity contribution in [2.24, 2.45) is 0 Å². The molecular formula is C48H31N5. The van der Waals surface area contributed by atoms with Crippen LogP contribution in [0.1, 0.15) is 0 Å². The van der Waals surface area contributed by atoms with Gasteiger partial charge >= 0.3 is 0 Å². The molecule has 0 spiro atoms. The molecule has 0 bridgehead atoms. The van der Waals surface area contributed by atoms with Gasteiger partial charge in [0.2, 0.25) is 0 Å². The molecule has 4 aromatic heterocycles. The third-order valence-corrected chi connectivity index (χ3v) is 9.94. The molecule has 6 aromatic carbocycles. The Morgan fingerprint density at radius 2 is 0.887 bits per heavy atom. The average Bonchev–Trinajstić information content (AvgIpc) is 3.64. The number of fused-ring (bicyclic) bond motifs is 3. The van der Waals surface area contributed by atoms with E-state index in [2.05, 4.69) is 156 Å². The highest BCUT2D eigenvalue weighted by Gasteiger charge is 2.22. The van der Waals surface area contributed by atoms with Crippen molar-refractivity contribution in [1.82, 2.24) is 24.5 Å². The van der Waals surface area contributed by atoms with E-state index in [0.717, 1.165) is 94.6 Å². The van der Waals surface area contributed by atoms with Gasteiger partial charge in [0.05, 0.1) is 11.0 Å². The number of para-hydroxylation sites is 3. The van der Waals surface area contributed by atoms with E-state index in [9.17, 15) is 0 Å². The Balaban J connectivity index is 1.28. The second-order valence-electron chi connectivity index (χ2n) is 13.1. The first-order valence-corrected chi connectivity index (χ1v) is 17.7. The van der Waals surface area contributed by atoms with Gasteiger partial charge < -0.3 is 0 Å². The Morgan fingerprint density at radius 3 is 1.55 bits per heavy atom. The predicted octanol–water partition coefficient (Wildman–Crippen LogP) is 11.9. The van der Waals surface area contributed by atoms with Gasteiger partial charge in [0, 0.05) is 57.3 Å². The van der Waals surface area contributed by atoms with Crippen molar-refractivity contribution in [3.8, 4) is 61.6 Å². The molecule has 0 saturated heterocycles. The monoisotopic (exact) mass is 677 g/mol. The van der Waals surface area contributed by atoms with Gasteiger partial charge in [-0.3, -0.25) is 14.5 Å². The van der Waals surface area contributed by atoms with E-state index in [1.165, 1.54) is 0 Å². The molecule has 10 rings (SSSR count). The lowest BCUT2D eigenvalue weighted by atomic mass is 9.93. The Bertz CT molecular complexity index is 2840. The summed E-state index contributed by atoms with van der Waals surface area (Å²) in [7, 11) is 0. The van der Waals surface area contributed by atoms with E-state index in [-0.39, 0.29) is 0 Å². The zero-order chi connectivity index (χ0) is 35.1. The fourth-order valence-corrected chi connectivity index (χ4v) is 7.54. The SMILES string of the molecule is c1ccc(-c2ccccc2-c2ccnc3c2nc(-c2cc(-c4cccc5cccnc45)cc(-c4cccc5cccnc45)c2)n3-c2ccccc2)cc1. The van der Waals surface area contributed by atoms with Crippen molar-refractivity contribution in [1.29, 1.82) is 0 Å². The first-order chi connectivity index (χ1) is 26.3. The largest absolute Gasteiger partial charge is 0.277 e. The van der Waals surface area contributed by atoms with Crippen LogP contribution in [-0.2, 0) is 0 Å². The molecule has 5 nitrogen and oxygen atoms in total. The summed E-state index contributed by atoms with van der Waals surface area (Å²) in [5, 5.41) is 2.18. The standard InChI is InChI=1S/C48H31N5/c1-3-13-32(14-4-1)39-21-7-8-22-42(39)43-25-28-51-48-46(43)52-47(53(48)38-19-5-2-6-20-38)37-30-35(40-23-9-15-33-17-11-26-49-44(33)40)29-36(31-37)41-24-10-16-34-18-12-27-50-45(34)41/h1-31H. The molecule has 0 saturated carbocycles. The lowest BCUT2D eigenvalue weighted by Crippen LogP contribution is -1.99. The minimum Gasteiger partial charge on any atom is -0.277 e. The number of nitrogens with zero attached hydrogens (tertiary/aromatic N) is 5. The smallest absolute Gasteiger partial charge is 0.165 e. The van der Waals surface area contributed by atoms with Crippen molar-refractivity contribution in [3.05, 3.63) is 188 Å². The third kappa shape index (κ3) is 5.34. The molecule has 0 aliphatic carbocycles. The fourth-order valence-electron chi connectivity index (χ4n) is 7.54. The zero-order valence-corrected chi connectivity index (χ0v) is 28.6.